The molecule has 4 aliphatic rings. The maximum absolute atomic E-state index is 12.8. The van der Waals surface area contributed by atoms with Crippen molar-refractivity contribution in [2.45, 2.75) is 64.7 Å². The Balaban J connectivity index is 1.30. The van der Waals surface area contributed by atoms with Gasteiger partial charge in [0.05, 0.1) is 12.2 Å². The van der Waals surface area contributed by atoms with Gasteiger partial charge >= 0.3 is 5.97 Å². The molecule has 5 atom stereocenters. The third-order valence-corrected chi connectivity index (χ3v) is 9.60. The summed E-state index contributed by atoms with van der Waals surface area (Å²) < 4.78 is 5.99. The van der Waals surface area contributed by atoms with E-state index in [2.05, 4.69) is 6.92 Å². The molecule has 0 spiro atoms. The zero-order valence-electron chi connectivity index (χ0n) is 19.9. The zero-order valence-corrected chi connectivity index (χ0v) is 19.9. The van der Waals surface area contributed by atoms with Gasteiger partial charge in [-0.25, -0.2) is 4.79 Å². The van der Waals surface area contributed by atoms with Crippen molar-refractivity contribution in [3.05, 3.63) is 41.5 Å². The lowest BCUT2D eigenvalue weighted by atomic mass is 9.47. The van der Waals surface area contributed by atoms with Crippen molar-refractivity contribution in [2.75, 3.05) is 25.6 Å². The Bertz CT molecular complexity index is 933. The van der Waals surface area contributed by atoms with Gasteiger partial charge in [0.2, 0.25) is 0 Å². The van der Waals surface area contributed by atoms with Crippen LogP contribution in [0.25, 0.3) is 0 Å². The molecule has 1 aromatic carbocycles. The summed E-state index contributed by atoms with van der Waals surface area (Å²) in [5.41, 5.74) is 3.51. The van der Waals surface area contributed by atoms with Gasteiger partial charge in [0.1, 0.15) is 0 Å². The molecule has 0 unspecified atom stereocenters. The molecule has 0 amide bonds. The number of rotatable bonds is 4. The van der Waals surface area contributed by atoms with Gasteiger partial charge in [0, 0.05) is 31.6 Å². The lowest BCUT2D eigenvalue weighted by Crippen LogP contribution is -2.51. The van der Waals surface area contributed by atoms with E-state index in [-0.39, 0.29) is 16.8 Å². The van der Waals surface area contributed by atoms with Gasteiger partial charge in [0.25, 0.3) is 0 Å². The molecule has 3 saturated carbocycles. The number of allylic oxidation sites excluding steroid dienone is 1. The minimum absolute atomic E-state index is 0.155. The van der Waals surface area contributed by atoms with Crippen LogP contribution in [0.2, 0.25) is 0 Å². The summed E-state index contributed by atoms with van der Waals surface area (Å²) in [6.45, 7) is 2.99. The molecule has 0 saturated heterocycles. The van der Waals surface area contributed by atoms with Gasteiger partial charge < -0.3 is 9.64 Å². The van der Waals surface area contributed by atoms with E-state index >= 15 is 0 Å². The summed E-state index contributed by atoms with van der Waals surface area (Å²) in [5.74, 6) is 2.18. The molecule has 0 N–H and O–H groups in total. The number of hydrogen-bond acceptors (Lipinski definition) is 4. The van der Waals surface area contributed by atoms with Gasteiger partial charge in [-0.15, -0.1) is 0 Å². The fourth-order valence-corrected chi connectivity index (χ4v) is 7.79. The predicted molar refractivity (Wildman–Crippen MR) is 127 cm³/mol. The average Bonchev–Trinajstić information content (AvgIpc) is 3.22. The first-order chi connectivity index (χ1) is 15.3. The number of benzene rings is 1. The van der Waals surface area contributed by atoms with Crippen LogP contribution in [0.1, 0.15) is 75.1 Å². The second-order valence-corrected chi connectivity index (χ2v) is 11.3. The fourth-order valence-electron chi connectivity index (χ4n) is 7.79. The van der Waals surface area contributed by atoms with Crippen LogP contribution in [-0.4, -0.2) is 32.5 Å². The van der Waals surface area contributed by atoms with Gasteiger partial charge in [0.15, 0.2) is 5.78 Å². The molecule has 0 aliphatic heterocycles. The van der Waals surface area contributed by atoms with Crippen molar-refractivity contribution in [3.8, 4) is 0 Å². The molecule has 4 aliphatic carbocycles. The standard InChI is InChI=1S/C28H37NO3/c1-27-15-12-22(30)17-20(27)8-11-23-24(27)13-16-28(14-4-5-25(23)28)18-32-26(31)19-6-9-21(10-7-19)29(2)3/h6-7,9-10,17,23-25H,4-5,8,11-16,18H2,1-3H3/t23-,24+,25+,27+,28+/m1/s1. The topological polar surface area (TPSA) is 46.6 Å². The normalized spacial score (nSPS) is 35.9. The van der Waals surface area contributed by atoms with Crippen molar-refractivity contribution in [2.24, 2.45) is 28.6 Å². The SMILES string of the molecule is CN(C)c1ccc(C(=O)OC[C@@]23CCC[C@H]2[C@@H]2CCC4=CC(=O)CC[C@]4(C)[C@H]2CC3)cc1. The number of fused-ring (bicyclic) bond motifs is 5. The average molecular weight is 436 g/mol. The predicted octanol–water partition coefficient (Wildman–Crippen LogP) is 5.81. The van der Waals surface area contributed by atoms with E-state index in [1.807, 2.05) is 49.3 Å². The third-order valence-electron chi connectivity index (χ3n) is 9.60. The number of ketones is 1. The highest BCUT2D eigenvalue weighted by atomic mass is 16.5. The maximum Gasteiger partial charge on any atom is 0.338 e. The van der Waals surface area contributed by atoms with Crippen LogP contribution in [0, 0.1) is 28.6 Å². The Hall–Kier alpha value is -2.10. The lowest BCUT2D eigenvalue weighted by Gasteiger charge is -2.57. The van der Waals surface area contributed by atoms with Crippen molar-refractivity contribution in [1.82, 2.24) is 0 Å². The lowest BCUT2D eigenvalue weighted by molar-refractivity contribution is -0.117. The van der Waals surface area contributed by atoms with Crippen molar-refractivity contribution >= 4 is 17.4 Å². The molecule has 4 heteroatoms. The second-order valence-electron chi connectivity index (χ2n) is 11.3. The Kier molecular flexibility index (Phi) is 5.46. The minimum atomic E-state index is -0.191. The molecule has 0 bridgehead atoms. The third kappa shape index (κ3) is 3.50. The van der Waals surface area contributed by atoms with Gasteiger partial charge in [-0.1, -0.05) is 18.9 Å². The second kappa shape index (κ2) is 8.04. The number of carbonyl (C=O) groups excluding carboxylic acids is 2. The summed E-state index contributed by atoms with van der Waals surface area (Å²) in [4.78, 5) is 26.9. The van der Waals surface area contributed by atoms with Crippen LogP contribution in [0.3, 0.4) is 0 Å². The smallest absolute Gasteiger partial charge is 0.338 e. The van der Waals surface area contributed by atoms with Crippen LogP contribution in [-0.2, 0) is 9.53 Å². The number of esters is 1. The molecule has 4 nitrogen and oxygen atoms in total. The summed E-state index contributed by atoms with van der Waals surface area (Å²) in [5, 5.41) is 0. The minimum Gasteiger partial charge on any atom is -0.461 e. The first-order valence-corrected chi connectivity index (χ1v) is 12.5. The molecular weight excluding hydrogens is 398 g/mol. The molecule has 5 rings (SSSR count). The Morgan fingerprint density at radius 2 is 1.81 bits per heavy atom. The van der Waals surface area contributed by atoms with Gasteiger partial charge in [-0.3, -0.25) is 4.79 Å². The number of ether oxygens (including phenoxy) is 1. The number of anilines is 1. The van der Waals surface area contributed by atoms with E-state index in [9.17, 15) is 9.59 Å². The van der Waals surface area contributed by atoms with Crippen molar-refractivity contribution in [1.29, 1.82) is 0 Å². The molecule has 1 aromatic rings. The molecule has 172 valence electrons. The van der Waals surface area contributed by atoms with E-state index in [0.29, 0.717) is 42.1 Å². The number of hydrogen-bond donors (Lipinski definition) is 0. The molecule has 0 heterocycles. The molecular formula is C28H37NO3. The Morgan fingerprint density at radius 1 is 1.03 bits per heavy atom. The van der Waals surface area contributed by atoms with Crippen molar-refractivity contribution < 1.29 is 14.3 Å². The summed E-state index contributed by atoms with van der Waals surface area (Å²) in [6.07, 6.45) is 12.1. The van der Waals surface area contributed by atoms with Gasteiger partial charge in [-0.05, 0) is 98.5 Å². The van der Waals surface area contributed by atoms with Crippen molar-refractivity contribution in [3.63, 3.8) is 0 Å². The Morgan fingerprint density at radius 3 is 2.56 bits per heavy atom. The Labute approximate surface area is 192 Å². The van der Waals surface area contributed by atoms with Gasteiger partial charge in [-0.2, -0.15) is 0 Å². The summed E-state index contributed by atoms with van der Waals surface area (Å²) in [7, 11) is 4.00. The molecule has 0 aromatic heterocycles. The highest BCUT2D eigenvalue weighted by Crippen LogP contribution is 2.65. The quantitative estimate of drug-likeness (QED) is 0.560. The molecule has 32 heavy (non-hydrogen) atoms. The van der Waals surface area contributed by atoms with E-state index in [4.69, 9.17) is 4.74 Å². The van der Waals surface area contributed by atoms with Crippen LogP contribution in [0.4, 0.5) is 5.69 Å². The highest BCUT2D eigenvalue weighted by molar-refractivity contribution is 5.91. The van der Waals surface area contributed by atoms with Crippen LogP contribution < -0.4 is 4.90 Å². The van der Waals surface area contributed by atoms with E-state index in [0.717, 1.165) is 24.9 Å². The summed E-state index contributed by atoms with van der Waals surface area (Å²) in [6, 6.07) is 7.69. The summed E-state index contributed by atoms with van der Waals surface area (Å²) >= 11 is 0. The number of nitrogens with zero attached hydrogens (tertiary/aromatic N) is 1. The fraction of sp³-hybridized carbons (Fsp3) is 0.643. The van der Waals surface area contributed by atoms with Crippen LogP contribution in [0.15, 0.2) is 35.9 Å². The first kappa shape index (κ1) is 21.7. The molecule has 0 radical (unpaired) electrons. The van der Waals surface area contributed by atoms with E-state index in [1.165, 1.54) is 37.7 Å². The van der Waals surface area contributed by atoms with E-state index < -0.39 is 0 Å². The number of carbonyl (C=O) groups is 2. The largest absolute Gasteiger partial charge is 0.461 e. The van der Waals surface area contributed by atoms with E-state index in [1.54, 1.807) is 0 Å². The van der Waals surface area contributed by atoms with Crippen LogP contribution in [0.5, 0.6) is 0 Å². The maximum atomic E-state index is 12.8. The molecule has 3 fully saturated rings. The van der Waals surface area contributed by atoms with Crippen LogP contribution >= 0.6 is 0 Å². The monoisotopic (exact) mass is 435 g/mol. The highest BCUT2D eigenvalue weighted by Gasteiger charge is 2.58. The zero-order chi connectivity index (χ0) is 22.5. The first-order valence-electron chi connectivity index (χ1n) is 12.5.